The number of rotatable bonds is 1. The first-order chi connectivity index (χ1) is 2.81. The molecule has 0 amide bonds. The Morgan fingerprint density at radius 3 is 2.50 bits per heavy atom. The molecule has 0 unspecified atom stereocenters. The molecule has 0 atom stereocenters. The maximum absolute atomic E-state index is 9.45. The summed E-state index contributed by atoms with van der Waals surface area (Å²) in [6.45, 7) is 1.71. The normalized spacial score (nSPS) is 11.8. The van der Waals surface area contributed by atoms with Gasteiger partial charge >= 0.3 is 0 Å². The van der Waals surface area contributed by atoms with Gasteiger partial charge in [-0.3, -0.25) is 5.11 Å². The summed E-state index contributed by atoms with van der Waals surface area (Å²) in [5.74, 6) is -0.0880. The van der Waals surface area contributed by atoms with Gasteiger partial charge in [0.25, 0.3) is 0 Å². The molecule has 6 heavy (non-hydrogen) atoms. The third-order valence-corrected chi connectivity index (χ3v) is 0.498. The first kappa shape index (κ1) is 5.34. The molecule has 0 aliphatic carbocycles. The molecule has 0 fully saturated rings. The topological polar surface area (TPSA) is 40.1 Å². The van der Waals surface area contributed by atoms with Crippen LogP contribution in [0.4, 0.5) is 0 Å². The van der Waals surface area contributed by atoms with Gasteiger partial charge < -0.3 is 5.11 Å². The van der Waals surface area contributed by atoms with E-state index in [1.165, 1.54) is 0 Å². The van der Waals surface area contributed by atoms with Crippen LogP contribution < -0.4 is 0 Å². The van der Waals surface area contributed by atoms with E-state index >= 15 is 0 Å². The fourth-order valence-electron chi connectivity index (χ4n) is 0.0833. The van der Waals surface area contributed by atoms with Gasteiger partial charge in [0.15, 0.2) is 6.26 Å². The van der Waals surface area contributed by atoms with Crippen LogP contribution in [0.25, 0.3) is 0 Å². The SMILES string of the molecule is CCC(O)=C[O]. The Morgan fingerprint density at radius 2 is 2.50 bits per heavy atom. The van der Waals surface area contributed by atoms with Gasteiger partial charge in [-0.05, 0) is 0 Å². The smallest absolute Gasteiger partial charge is 0.180 e. The molecule has 1 N–H and O–H groups in total. The van der Waals surface area contributed by atoms with Crippen LogP contribution in [0.5, 0.6) is 0 Å². The number of hydrogen-bond donors (Lipinski definition) is 1. The molecule has 0 aromatic carbocycles. The van der Waals surface area contributed by atoms with Crippen molar-refractivity contribution < 1.29 is 10.2 Å². The molecule has 0 aromatic heterocycles. The lowest BCUT2D eigenvalue weighted by Crippen LogP contribution is -1.71. The minimum atomic E-state index is -0.0880. The van der Waals surface area contributed by atoms with Crippen LogP contribution in [0.1, 0.15) is 13.3 Å². The fourth-order valence-corrected chi connectivity index (χ4v) is 0.0833. The summed E-state index contributed by atoms with van der Waals surface area (Å²) in [5, 5.41) is 17.7. The first-order valence-corrected chi connectivity index (χ1v) is 1.81. The molecule has 2 nitrogen and oxygen atoms in total. The van der Waals surface area contributed by atoms with Gasteiger partial charge in [-0.1, -0.05) is 6.92 Å². The molecule has 2 heteroatoms. The lowest BCUT2D eigenvalue weighted by atomic mass is 10.4. The molecular weight excluding hydrogens is 80.0 g/mol. The Kier molecular flexibility index (Phi) is 2.29. The lowest BCUT2D eigenvalue weighted by molar-refractivity contribution is 0.295. The van der Waals surface area contributed by atoms with E-state index in [9.17, 15) is 5.11 Å². The van der Waals surface area contributed by atoms with Gasteiger partial charge in [-0.15, -0.1) is 0 Å². The van der Waals surface area contributed by atoms with E-state index in [4.69, 9.17) is 5.11 Å². The van der Waals surface area contributed by atoms with Crippen molar-refractivity contribution in [3.05, 3.63) is 12.0 Å². The van der Waals surface area contributed by atoms with Crippen molar-refractivity contribution in [1.82, 2.24) is 0 Å². The third-order valence-electron chi connectivity index (χ3n) is 0.498. The van der Waals surface area contributed by atoms with Crippen molar-refractivity contribution >= 4 is 0 Å². The molecule has 35 valence electrons. The van der Waals surface area contributed by atoms with Gasteiger partial charge in [0.05, 0.1) is 0 Å². The standard InChI is InChI=1S/C4H7O2/c1-2-4(6)3-5/h3,6H,2H2,1H3. The van der Waals surface area contributed by atoms with Gasteiger partial charge in [-0.2, -0.15) is 0 Å². The van der Waals surface area contributed by atoms with Crippen molar-refractivity contribution in [2.75, 3.05) is 0 Å². The summed E-state index contributed by atoms with van der Waals surface area (Å²) >= 11 is 0. The van der Waals surface area contributed by atoms with Gasteiger partial charge in [0, 0.05) is 6.42 Å². The second-order valence-corrected chi connectivity index (χ2v) is 0.963. The Balaban J connectivity index is 3.22. The number of hydrogen-bond acceptors (Lipinski definition) is 1. The maximum atomic E-state index is 9.45. The Morgan fingerprint density at radius 1 is 2.00 bits per heavy atom. The van der Waals surface area contributed by atoms with Crippen molar-refractivity contribution in [2.45, 2.75) is 13.3 Å². The van der Waals surface area contributed by atoms with Crippen LogP contribution in [-0.2, 0) is 5.11 Å². The Bertz CT molecular complexity index is 56.6. The van der Waals surface area contributed by atoms with Crippen LogP contribution >= 0.6 is 0 Å². The fraction of sp³-hybridized carbons (Fsp3) is 0.500. The van der Waals surface area contributed by atoms with Crippen LogP contribution in [0.3, 0.4) is 0 Å². The third kappa shape index (κ3) is 1.64. The highest BCUT2D eigenvalue weighted by atomic mass is 16.3. The second kappa shape index (κ2) is 2.57. The summed E-state index contributed by atoms with van der Waals surface area (Å²) in [6, 6.07) is 0. The predicted molar refractivity (Wildman–Crippen MR) is 21.7 cm³/mol. The number of aliphatic hydroxyl groups excluding tert-OH is 1. The zero-order valence-electron chi connectivity index (χ0n) is 3.64. The molecular formula is C4H7O2. The van der Waals surface area contributed by atoms with Crippen molar-refractivity contribution in [3.63, 3.8) is 0 Å². The van der Waals surface area contributed by atoms with Crippen LogP contribution in [-0.4, -0.2) is 5.11 Å². The zero-order valence-corrected chi connectivity index (χ0v) is 3.64. The monoisotopic (exact) mass is 87.0 g/mol. The highest BCUT2D eigenvalue weighted by molar-refractivity contribution is 4.79. The number of allylic oxidation sites excluding steroid dienone is 1. The second-order valence-electron chi connectivity index (χ2n) is 0.963. The van der Waals surface area contributed by atoms with E-state index in [0.29, 0.717) is 12.7 Å². The molecule has 1 radical (unpaired) electrons. The van der Waals surface area contributed by atoms with Crippen molar-refractivity contribution in [1.29, 1.82) is 0 Å². The van der Waals surface area contributed by atoms with Crippen LogP contribution in [0, 0.1) is 0 Å². The summed E-state index contributed by atoms with van der Waals surface area (Å²) < 4.78 is 0. The predicted octanol–water partition coefficient (Wildman–Crippen LogP) is 1.23. The van der Waals surface area contributed by atoms with Crippen molar-refractivity contribution in [3.8, 4) is 0 Å². The summed E-state index contributed by atoms with van der Waals surface area (Å²) in [6.07, 6.45) is 0.878. The largest absolute Gasteiger partial charge is 0.509 e. The molecule has 0 heterocycles. The summed E-state index contributed by atoms with van der Waals surface area (Å²) in [4.78, 5) is 0. The molecule has 0 aromatic rings. The summed E-state index contributed by atoms with van der Waals surface area (Å²) in [5.41, 5.74) is 0. The van der Waals surface area contributed by atoms with E-state index in [2.05, 4.69) is 0 Å². The Hall–Kier alpha value is -0.660. The molecule has 0 bridgehead atoms. The zero-order chi connectivity index (χ0) is 4.99. The van der Waals surface area contributed by atoms with E-state index in [1.807, 2.05) is 0 Å². The van der Waals surface area contributed by atoms with E-state index in [0.717, 1.165) is 0 Å². The Labute approximate surface area is 36.7 Å². The molecule has 0 aliphatic rings. The molecule has 0 aliphatic heterocycles. The first-order valence-electron chi connectivity index (χ1n) is 1.81. The highest BCUT2D eigenvalue weighted by Gasteiger charge is 1.80. The van der Waals surface area contributed by atoms with Crippen molar-refractivity contribution in [2.24, 2.45) is 0 Å². The van der Waals surface area contributed by atoms with Gasteiger partial charge in [0.2, 0.25) is 0 Å². The average molecular weight is 87.1 g/mol. The lowest BCUT2D eigenvalue weighted by Gasteiger charge is -1.81. The number of aliphatic hydroxyl groups is 1. The molecule has 0 saturated heterocycles. The van der Waals surface area contributed by atoms with E-state index < -0.39 is 0 Å². The summed E-state index contributed by atoms with van der Waals surface area (Å²) in [7, 11) is 0. The molecule has 0 rings (SSSR count). The van der Waals surface area contributed by atoms with E-state index in [1.54, 1.807) is 6.92 Å². The quantitative estimate of drug-likeness (QED) is 0.480. The van der Waals surface area contributed by atoms with Crippen LogP contribution in [0.15, 0.2) is 12.0 Å². The molecule has 0 spiro atoms. The average Bonchev–Trinajstić information content (AvgIpc) is 1.65. The minimum Gasteiger partial charge on any atom is -0.509 e. The van der Waals surface area contributed by atoms with Gasteiger partial charge in [0.1, 0.15) is 5.76 Å². The highest BCUT2D eigenvalue weighted by Crippen LogP contribution is 1.88. The maximum Gasteiger partial charge on any atom is 0.180 e. The minimum absolute atomic E-state index is 0.0880. The van der Waals surface area contributed by atoms with Gasteiger partial charge in [-0.25, -0.2) is 0 Å². The molecule has 0 saturated carbocycles. The van der Waals surface area contributed by atoms with Crippen LogP contribution in [0.2, 0.25) is 0 Å². The van der Waals surface area contributed by atoms with E-state index in [-0.39, 0.29) is 5.76 Å².